The average Bonchev–Trinajstić information content (AvgIpc) is 3.19. The molecule has 1 fully saturated rings. The summed E-state index contributed by atoms with van der Waals surface area (Å²) in [4.78, 5) is 6.77. The number of piperidine rings is 1. The highest BCUT2D eigenvalue weighted by Crippen LogP contribution is 2.23. The van der Waals surface area contributed by atoms with Crippen LogP contribution in [0.15, 0.2) is 52.1 Å². The van der Waals surface area contributed by atoms with Gasteiger partial charge >= 0.3 is 0 Å². The molecular weight excluding hydrogens is 324 g/mol. The van der Waals surface area contributed by atoms with Crippen molar-refractivity contribution >= 4 is 11.6 Å². The van der Waals surface area contributed by atoms with E-state index in [1.165, 1.54) is 37.2 Å². The second-order valence-electron chi connectivity index (χ2n) is 7.02. The van der Waals surface area contributed by atoms with E-state index in [1.54, 1.807) is 13.3 Å². The molecule has 140 valence electrons. The van der Waals surface area contributed by atoms with Crippen LogP contribution in [0.4, 0.5) is 5.69 Å². The van der Waals surface area contributed by atoms with Crippen molar-refractivity contribution in [3.63, 3.8) is 0 Å². The van der Waals surface area contributed by atoms with Crippen LogP contribution in [0.25, 0.3) is 0 Å². The lowest BCUT2D eigenvalue weighted by atomic mass is 9.99. The number of aliphatic imine (C=N–C) groups is 1. The number of benzene rings is 1. The van der Waals surface area contributed by atoms with Crippen LogP contribution in [0, 0.1) is 5.92 Å². The molecule has 0 spiro atoms. The number of rotatable bonds is 6. The Labute approximate surface area is 156 Å². The van der Waals surface area contributed by atoms with Gasteiger partial charge in [0.05, 0.1) is 6.26 Å². The van der Waals surface area contributed by atoms with Crippen LogP contribution in [0.2, 0.25) is 0 Å². The van der Waals surface area contributed by atoms with Crippen molar-refractivity contribution < 1.29 is 4.42 Å². The van der Waals surface area contributed by atoms with E-state index in [4.69, 9.17) is 4.42 Å². The van der Waals surface area contributed by atoms with Crippen molar-refractivity contribution in [3.05, 3.63) is 54.0 Å². The maximum atomic E-state index is 5.34. The fourth-order valence-electron chi connectivity index (χ4n) is 3.26. The summed E-state index contributed by atoms with van der Waals surface area (Å²) in [5.41, 5.74) is 2.59. The number of guanidine groups is 1. The molecule has 2 heterocycles. The second kappa shape index (κ2) is 9.32. The van der Waals surface area contributed by atoms with Gasteiger partial charge in [-0.15, -0.1) is 0 Å². The SMILES string of the molecule is CN=C(NCCc1ccco1)NCc1ccc(N2CCC(C)CC2)cc1. The molecule has 1 aliphatic heterocycles. The highest BCUT2D eigenvalue weighted by molar-refractivity contribution is 5.79. The van der Waals surface area contributed by atoms with E-state index in [0.717, 1.165) is 37.1 Å². The monoisotopic (exact) mass is 354 g/mol. The van der Waals surface area contributed by atoms with Crippen LogP contribution in [0.3, 0.4) is 0 Å². The molecule has 1 aromatic carbocycles. The Bertz CT molecular complexity index is 671. The number of furan rings is 1. The first kappa shape index (κ1) is 18.4. The van der Waals surface area contributed by atoms with E-state index >= 15 is 0 Å². The van der Waals surface area contributed by atoms with Gasteiger partial charge in [0.2, 0.25) is 0 Å². The van der Waals surface area contributed by atoms with Gasteiger partial charge in [-0.1, -0.05) is 19.1 Å². The van der Waals surface area contributed by atoms with Gasteiger partial charge in [-0.25, -0.2) is 0 Å². The molecule has 0 aliphatic carbocycles. The summed E-state index contributed by atoms with van der Waals surface area (Å²) in [7, 11) is 1.79. The molecule has 5 nitrogen and oxygen atoms in total. The third-order valence-corrected chi connectivity index (χ3v) is 5.01. The van der Waals surface area contributed by atoms with Crippen molar-refractivity contribution in [1.82, 2.24) is 10.6 Å². The maximum absolute atomic E-state index is 5.34. The van der Waals surface area contributed by atoms with Crippen molar-refractivity contribution in [2.24, 2.45) is 10.9 Å². The summed E-state index contributed by atoms with van der Waals surface area (Å²) in [5, 5.41) is 6.68. The molecule has 26 heavy (non-hydrogen) atoms. The minimum absolute atomic E-state index is 0.762. The zero-order valence-electron chi connectivity index (χ0n) is 15.9. The molecule has 5 heteroatoms. The molecule has 2 aromatic rings. The largest absolute Gasteiger partial charge is 0.469 e. The first-order valence-corrected chi connectivity index (χ1v) is 9.55. The molecule has 0 radical (unpaired) electrons. The van der Waals surface area contributed by atoms with Gasteiger partial charge < -0.3 is 20.0 Å². The molecule has 1 aromatic heterocycles. The van der Waals surface area contributed by atoms with Crippen LogP contribution >= 0.6 is 0 Å². The highest BCUT2D eigenvalue weighted by atomic mass is 16.3. The molecule has 1 saturated heterocycles. The van der Waals surface area contributed by atoms with E-state index < -0.39 is 0 Å². The molecule has 3 rings (SSSR count). The van der Waals surface area contributed by atoms with E-state index in [9.17, 15) is 0 Å². The molecule has 1 aliphatic rings. The normalized spacial score (nSPS) is 15.9. The lowest BCUT2D eigenvalue weighted by molar-refractivity contribution is 0.438. The third-order valence-electron chi connectivity index (χ3n) is 5.01. The lowest BCUT2D eigenvalue weighted by Gasteiger charge is -2.32. The maximum Gasteiger partial charge on any atom is 0.191 e. The van der Waals surface area contributed by atoms with E-state index in [2.05, 4.69) is 51.7 Å². The third kappa shape index (κ3) is 5.28. The van der Waals surface area contributed by atoms with Crippen LogP contribution < -0.4 is 15.5 Å². The van der Waals surface area contributed by atoms with Gasteiger partial charge in [-0.2, -0.15) is 0 Å². The molecule has 0 bridgehead atoms. The summed E-state index contributed by atoms with van der Waals surface area (Å²) >= 11 is 0. The van der Waals surface area contributed by atoms with Gasteiger partial charge in [0.1, 0.15) is 5.76 Å². The summed E-state index contributed by atoms with van der Waals surface area (Å²) < 4.78 is 5.34. The molecule has 0 unspecified atom stereocenters. The summed E-state index contributed by atoms with van der Waals surface area (Å²) in [5.74, 6) is 2.66. The van der Waals surface area contributed by atoms with E-state index in [1.807, 2.05) is 12.1 Å². The van der Waals surface area contributed by atoms with Crippen molar-refractivity contribution in [1.29, 1.82) is 0 Å². The topological polar surface area (TPSA) is 52.8 Å². The summed E-state index contributed by atoms with van der Waals surface area (Å²) in [6.07, 6.45) is 5.14. The van der Waals surface area contributed by atoms with Crippen LogP contribution in [0.1, 0.15) is 31.1 Å². The molecular formula is C21H30N4O. The minimum atomic E-state index is 0.762. The Balaban J connectivity index is 1.43. The van der Waals surface area contributed by atoms with Gasteiger partial charge in [-0.05, 0) is 48.6 Å². The molecule has 0 saturated carbocycles. The van der Waals surface area contributed by atoms with E-state index in [0.29, 0.717) is 0 Å². The van der Waals surface area contributed by atoms with Crippen LogP contribution in [0.5, 0.6) is 0 Å². The predicted octanol–water partition coefficient (Wildman–Crippen LogP) is 3.42. The fraction of sp³-hybridized carbons (Fsp3) is 0.476. The highest BCUT2D eigenvalue weighted by Gasteiger charge is 2.15. The number of anilines is 1. The lowest BCUT2D eigenvalue weighted by Crippen LogP contribution is -2.37. The van der Waals surface area contributed by atoms with Crippen LogP contribution in [-0.2, 0) is 13.0 Å². The minimum Gasteiger partial charge on any atom is -0.469 e. The Morgan fingerprint density at radius 2 is 1.92 bits per heavy atom. The standard InChI is InChI=1S/C21H30N4O/c1-17-10-13-25(14-11-17)19-7-5-18(6-8-19)16-24-21(22-2)23-12-9-20-4-3-15-26-20/h3-8,15,17H,9-14,16H2,1-2H3,(H2,22,23,24). The second-order valence-corrected chi connectivity index (χ2v) is 7.02. The quantitative estimate of drug-likeness (QED) is 0.616. The number of hydrogen-bond donors (Lipinski definition) is 2. The van der Waals surface area contributed by atoms with Crippen molar-refractivity contribution in [2.45, 2.75) is 32.7 Å². The predicted molar refractivity (Wildman–Crippen MR) is 108 cm³/mol. The number of nitrogens with one attached hydrogen (secondary N) is 2. The van der Waals surface area contributed by atoms with Crippen molar-refractivity contribution in [3.8, 4) is 0 Å². The van der Waals surface area contributed by atoms with Gasteiger partial charge in [0, 0.05) is 45.3 Å². The Morgan fingerprint density at radius 3 is 2.58 bits per heavy atom. The molecule has 0 amide bonds. The summed E-state index contributed by atoms with van der Waals surface area (Å²) in [6, 6.07) is 12.8. The average molecular weight is 354 g/mol. The van der Waals surface area contributed by atoms with Crippen LogP contribution in [-0.4, -0.2) is 32.6 Å². The van der Waals surface area contributed by atoms with Gasteiger partial charge in [-0.3, -0.25) is 4.99 Å². The first-order chi connectivity index (χ1) is 12.7. The Kier molecular flexibility index (Phi) is 6.58. The molecule has 2 N–H and O–H groups in total. The number of nitrogens with zero attached hydrogens (tertiary/aromatic N) is 2. The van der Waals surface area contributed by atoms with Crippen molar-refractivity contribution in [2.75, 3.05) is 31.6 Å². The smallest absolute Gasteiger partial charge is 0.191 e. The number of hydrogen-bond acceptors (Lipinski definition) is 3. The first-order valence-electron chi connectivity index (χ1n) is 9.55. The summed E-state index contributed by atoms with van der Waals surface area (Å²) in [6.45, 7) is 6.24. The van der Waals surface area contributed by atoms with Gasteiger partial charge in [0.25, 0.3) is 0 Å². The van der Waals surface area contributed by atoms with Gasteiger partial charge in [0.15, 0.2) is 5.96 Å². The zero-order chi connectivity index (χ0) is 18.2. The Hall–Kier alpha value is -2.43. The zero-order valence-corrected chi connectivity index (χ0v) is 15.9. The molecule has 0 atom stereocenters. The fourth-order valence-corrected chi connectivity index (χ4v) is 3.26. The Morgan fingerprint density at radius 1 is 1.15 bits per heavy atom. The van der Waals surface area contributed by atoms with E-state index in [-0.39, 0.29) is 0 Å².